The fourth-order valence-corrected chi connectivity index (χ4v) is 3.49. The fraction of sp³-hybridized carbons (Fsp3) is 0.882. The molecule has 1 fully saturated rings. The van der Waals surface area contributed by atoms with E-state index < -0.39 is 11.9 Å². The minimum absolute atomic E-state index is 0.150. The molecule has 3 unspecified atom stereocenters. The smallest absolute Gasteiger partial charge is 0.317 e. The number of carboxylic acid groups (broad SMARTS) is 1. The van der Waals surface area contributed by atoms with Gasteiger partial charge in [0.05, 0.1) is 12.0 Å². The molecule has 1 heterocycles. The molecule has 134 valence electrons. The second kappa shape index (κ2) is 9.75. The standard InChI is InChI=1S/C17H32N2O4/c1-5-13(6-2)15(23-4)7-8-18-17(22)19-10-12(3)9-14(11-19)16(20)21/h12-15H,5-11H2,1-4H3,(H,18,22)(H,20,21). The Kier molecular flexibility index (Phi) is 8.37. The van der Waals surface area contributed by atoms with Gasteiger partial charge in [0, 0.05) is 26.7 Å². The van der Waals surface area contributed by atoms with Gasteiger partial charge in [0.1, 0.15) is 0 Å². The number of carbonyl (C=O) groups excluding carboxylic acids is 1. The van der Waals surface area contributed by atoms with Crippen molar-refractivity contribution in [3.8, 4) is 0 Å². The topological polar surface area (TPSA) is 78.9 Å². The number of methoxy groups -OCH3 is 1. The minimum Gasteiger partial charge on any atom is -0.481 e. The molecule has 0 aromatic carbocycles. The van der Waals surface area contributed by atoms with Crippen molar-refractivity contribution in [2.75, 3.05) is 26.7 Å². The van der Waals surface area contributed by atoms with Crippen LogP contribution in [0.4, 0.5) is 4.79 Å². The van der Waals surface area contributed by atoms with Gasteiger partial charge in [-0.2, -0.15) is 0 Å². The zero-order valence-electron chi connectivity index (χ0n) is 14.9. The Balaban J connectivity index is 2.44. The number of carboxylic acids is 1. The second-order valence-electron chi connectivity index (χ2n) is 6.65. The maximum atomic E-state index is 12.3. The second-order valence-corrected chi connectivity index (χ2v) is 6.65. The summed E-state index contributed by atoms with van der Waals surface area (Å²) in [4.78, 5) is 25.1. The van der Waals surface area contributed by atoms with Crippen molar-refractivity contribution in [1.29, 1.82) is 0 Å². The molecule has 0 aromatic rings. The van der Waals surface area contributed by atoms with Gasteiger partial charge in [-0.25, -0.2) is 4.79 Å². The van der Waals surface area contributed by atoms with Crippen LogP contribution in [0.3, 0.4) is 0 Å². The van der Waals surface area contributed by atoms with E-state index in [0.29, 0.717) is 32.0 Å². The van der Waals surface area contributed by atoms with E-state index >= 15 is 0 Å². The molecule has 2 amide bonds. The molecule has 1 aliphatic rings. The normalized spacial score (nSPS) is 22.9. The summed E-state index contributed by atoms with van der Waals surface area (Å²) in [6.07, 6.45) is 3.69. The lowest BCUT2D eigenvalue weighted by atomic mass is 9.91. The van der Waals surface area contributed by atoms with Crippen molar-refractivity contribution in [2.45, 2.75) is 52.6 Å². The molecule has 23 heavy (non-hydrogen) atoms. The van der Waals surface area contributed by atoms with Gasteiger partial charge in [0.2, 0.25) is 0 Å². The summed E-state index contributed by atoms with van der Waals surface area (Å²) in [7, 11) is 1.72. The number of amides is 2. The summed E-state index contributed by atoms with van der Waals surface area (Å²) in [5, 5.41) is 12.1. The number of nitrogens with zero attached hydrogens (tertiary/aromatic N) is 1. The highest BCUT2D eigenvalue weighted by atomic mass is 16.5. The van der Waals surface area contributed by atoms with Gasteiger partial charge >= 0.3 is 12.0 Å². The number of urea groups is 1. The molecule has 1 saturated heterocycles. The molecule has 0 aromatic heterocycles. The number of carbonyl (C=O) groups is 2. The Labute approximate surface area is 139 Å². The third kappa shape index (κ3) is 6.01. The first-order chi connectivity index (χ1) is 10.9. The summed E-state index contributed by atoms with van der Waals surface area (Å²) in [5.41, 5.74) is 0. The van der Waals surface area contributed by atoms with Crippen LogP contribution in [0.2, 0.25) is 0 Å². The number of likely N-dealkylation sites (tertiary alicyclic amines) is 1. The molecule has 1 rings (SSSR count). The van der Waals surface area contributed by atoms with Gasteiger partial charge in [-0.15, -0.1) is 0 Å². The third-order valence-corrected chi connectivity index (χ3v) is 4.88. The molecule has 6 nitrogen and oxygen atoms in total. The first-order valence-corrected chi connectivity index (χ1v) is 8.71. The molecule has 6 heteroatoms. The molecular formula is C17H32N2O4. The van der Waals surface area contributed by atoms with Crippen molar-refractivity contribution in [1.82, 2.24) is 10.2 Å². The van der Waals surface area contributed by atoms with Crippen molar-refractivity contribution in [2.24, 2.45) is 17.8 Å². The number of piperidine rings is 1. The largest absolute Gasteiger partial charge is 0.481 e. The van der Waals surface area contributed by atoms with Gasteiger partial charge < -0.3 is 20.1 Å². The molecule has 1 aliphatic heterocycles. The van der Waals surface area contributed by atoms with Crippen LogP contribution in [0.5, 0.6) is 0 Å². The average molecular weight is 328 g/mol. The fourth-order valence-electron chi connectivity index (χ4n) is 3.49. The molecule has 0 saturated carbocycles. The lowest BCUT2D eigenvalue weighted by molar-refractivity contribution is -0.143. The maximum absolute atomic E-state index is 12.3. The highest BCUT2D eigenvalue weighted by molar-refractivity contribution is 5.76. The van der Waals surface area contributed by atoms with Gasteiger partial charge in [-0.05, 0) is 24.7 Å². The van der Waals surface area contributed by atoms with E-state index in [1.807, 2.05) is 6.92 Å². The Bertz CT molecular complexity index is 385. The predicted molar refractivity (Wildman–Crippen MR) is 89.4 cm³/mol. The Hall–Kier alpha value is -1.30. The Morgan fingerprint density at radius 2 is 1.96 bits per heavy atom. The van der Waals surface area contributed by atoms with Crippen LogP contribution in [-0.2, 0) is 9.53 Å². The van der Waals surface area contributed by atoms with E-state index in [1.54, 1.807) is 12.0 Å². The van der Waals surface area contributed by atoms with Gasteiger partial charge in [0.25, 0.3) is 0 Å². The number of nitrogens with one attached hydrogen (secondary N) is 1. The SMILES string of the molecule is CCC(CC)C(CCNC(=O)N1CC(C)CC(C(=O)O)C1)OC. The highest BCUT2D eigenvalue weighted by Gasteiger charge is 2.31. The van der Waals surface area contributed by atoms with E-state index in [9.17, 15) is 14.7 Å². The maximum Gasteiger partial charge on any atom is 0.317 e. The third-order valence-electron chi connectivity index (χ3n) is 4.88. The lowest BCUT2D eigenvalue weighted by Gasteiger charge is -2.34. The van der Waals surface area contributed by atoms with Gasteiger partial charge in [0.15, 0.2) is 0 Å². The Morgan fingerprint density at radius 3 is 2.48 bits per heavy atom. The van der Waals surface area contributed by atoms with Gasteiger partial charge in [-0.1, -0.05) is 33.6 Å². The van der Waals surface area contributed by atoms with Crippen LogP contribution in [-0.4, -0.2) is 54.9 Å². The molecule has 0 radical (unpaired) electrons. The Morgan fingerprint density at radius 1 is 1.30 bits per heavy atom. The molecule has 2 N–H and O–H groups in total. The van der Waals surface area contributed by atoms with Crippen LogP contribution < -0.4 is 5.32 Å². The quantitative estimate of drug-likeness (QED) is 0.718. The summed E-state index contributed by atoms with van der Waals surface area (Å²) in [5.74, 6) is -0.557. The van der Waals surface area contributed by atoms with Crippen LogP contribution in [0.15, 0.2) is 0 Å². The monoisotopic (exact) mass is 328 g/mol. The zero-order valence-corrected chi connectivity index (χ0v) is 14.9. The molecule has 0 bridgehead atoms. The number of rotatable bonds is 8. The van der Waals surface area contributed by atoms with E-state index in [2.05, 4.69) is 19.2 Å². The summed E-state index contributed by atoms with van der Waals surface area (Å²) in [6.45, 7) is 7.77. The molecule has 3 atom stereocenters. The summed E-state index contributed by atoms with van der Waals surface area (Å²) < 4.78 is 5.54. The van der Waals surface area contributed by atoms with E-state index in [-0.39, 0.29) is 18.1 Å². The van der Waals surface area contributed by atoms with Crippen LogP contribution in [0.1, 0.15) is 46.5 Å². The van der Waals surface area contributed by atoms with E-state index in [4.69, 9.17) is 4.74 Å². The van der Waals surface area contributed by atoms with E-state index in [0.717, 1.165) is 19.3 Å². The number of hydrogen-bond donors (Lipinski definition) is 2. The zero-order chi connectivity index (χ0) is 17.4. The number of aliphatic carboxylic acids is 1. The van der Waals surface area contributed by atoms with Crippen molar-refractivity contribution in [3.05, 3.63) is 0 Å². The van der Waals surface area contributed by atoms with E-state index in [1.165, 1.54) is 0 Å². The van der Waals surface area contributed by atoms with Crippen molar-refractivity contribution in [3.63, 3.8) is 0 Å². The predicted octanol–water partition coefficient (Wildman–Crippen LogP) is 2.58. The first-order valence-electron chi connectivity index (χ1n) is 8.71. The minimum atomic E-state index is -0.817. The van der Waals surface area contributed by atoms with Crippen LogP contribution >= 0.6 is 0 Å². The molecular weight excluding hydrogens is 296 g/mol. The molecule has 0 spiro atoms. The number of ether oxygens (including phenoxy) is 1. The van der Waals surface area contributed by atoms with Crippen molar-refractivity contribution >= 4 is 12.0 Å². The highest BCUT2D eigenvalue weighted by Crippen LogP contribution is 2.22. The summed E-state index contributed by atoms with van der Waals surface area (Å²) >= 11 is 0. The number of hydrogen-bond acceptors (Lipinski definition) is 3. The van der Waals surface area contributed by atoms with Crippen molar-refractivity contribution < 1.29 is 19.4 Å². The summed E-state index contributed by atoms with van der Waals surface area (Å²) in [6, 6.07) is -0.165. The first kappa shape index (κ1) is 19.7. The van der Waals surface area contributed by atoms with Crippen LogP contribution in [0.25, 0.3) is 0 Å². The van der Waals surface area contributed by atoms with Gasteiger partial charge in [-0.3, -0.25) is 4.79 Å². The average Bonchev–Trinajstić information content (AvgIpc) is 2.53. The van der Waals surface area contributed by atoms with Crippen LogP contribution in [0, 0.1) is 17.8 Å². The molecule has 0 aliphatic carbocycles. The lowest BCUT2D eigenvalue weighted by Crippen LogP contribution is -2.50.